The van der Waals surface area contributed by atoms with Crippen LogP contribution in [0.1, 0.15) is 39.6 Å². The number of carbonyl (C=O) groups excluding carboxylic acids is 1. The Morgan fingerprint density at radius 2 is 2.10 bits per heavy atom. The highest BCUT2D eigenvalue weighted by atomic mass is 35.5. The van der Waals surface area contributed by atoms with Gasteiger partial charge in [-0.05, 0) is 42.2 Å². The number of carbonyl (C=O) groups is 1. The molecule has 0 aliphatic carbocycles. The summed E-state index contributed by atoms with van der Waals surface area (Å²) >= 11 is 8.42. The first-order chi connectivity index (χ1) is 10.1. The van der Waals surface area contributed by atoms with E-state index in [1.807, 2.05) is 19.2 Å². The number of amides is 1. The van der Waals surface area contributed by atoms with E-state index in [9.17, 15) is 4.79 Å². The van der Waals surface area contributed by atoms with E-state index in [0.29, 0.717) is 6.42 Å². The normalized spacial score (nSPS) is 16.0. The zero-order chi connectivity index (χ0) is 15.0. The van der Waals surface area contributed by atoms with Crippen molar-refractivity contribution in [1.29, 1.82) is 0 Å². The van der Waals surface area contributed by atoms with Crippen LogP contribution < -0.4 is 4.90 Å². The number of benzene rings is 1. The van der Waals surface area contributed by atoms with Crippen LogP contribution in [0.15, 0.2) is 30.3 Å². The van der Waals surface area contributed by atoms with Gasteiger partial charge in [0.25, 0.3) is 0 Å². The van der Waals surface area contributed by atoms with Crippen molar-refractivity contribution in [1.82, 2.24) is 0 Å². The van der Waals surface area contributed by atoms with E-state index in [1.165, 1.54) is 15.3 Å². The van der Waals surface area contributed by atoms with Gasteiger partial charge in [-0.15, -0.1) is 22.9 Å². The molecule has 1 amide bonds. The van der Waals surface area contributed by atoms with Crippen LogP contribution >= 0.6 is 22.9 Å². The highest BCUT2D eigenvalue weighted by Gasteiger charge is 2.22. The first-order valence-corrected chi connectivity index (χ1v) is 8.47. The largest absolute Gasteiger partial charge is 0.315 e. The summed E-state index contributed by atoms with van der Waals surface area (Å²) in [5.41, 5.74) is 3.34. The molecule has 2 aromatic rings. The molecule has 0 N–H and O–H groups in total. The van der Waals surface area contributed by atoms with Gasteiger partial charge in [0.05, 0.1) is 5.38 Å². The van der Waals surface area contributed by atoms with Crippen LogP contribution in [0.5, 0.6) is 0 Å². The van der Waals surface area contributed by atoms with Crippen molar-refractivity contribution in [2.45, 2.75) is 31.6 Å². The minimum atomic E-state index is -0.108. The Hall–Kier alpha value is -1.32. The average Bonchev–Trinajstić information content (AvgIpc) is 2.99. The number of hydrogen-bond acceptors (Lipinski definition) is 2. The molecule has 0 bridgehead atoms. The van der Waals surface area contributed by atoms with Crippen molar-refractivity contribution in [2.75, 3.05) is 11.9 Å². The maximum absolute atomic E-state index is 11.7. The molecule has 1 unspecified atom stereocenters. The van der Waals surface area contributed by atoms with Gasteiger partial charge in [-0.2, -0.15) is 0 Å². The van der Waals surface area contributed by atoms with Gasteiger partial charge in [0, 0.05) is 28.9 Å². The molecule has 21 heavy (non-hydrogen) atoms. The first kappa shape index (κ1) is 14.6. The summed E-state index contributed by atoms with van der Waals surface area (Å²) in [4.78, 5) is 16.0. The molecule has 4 heteroatoms. The molecule has 2 nitrogen and oxygen atoms in total. The summed E-state index contributed by atoms with van der Waals surface area (Å²) in [5.74, 6) is 0.184. The lowest BCUT2D eigenvalue weighted by Crippen LogP contribution is -2.31. The van der Waals surface area contributed by atoms with Gasteiger partial charge in [-0.25, -0.2) is 0 Å². The van der Waals surface area contributed by atoms with Crippen LogP contribution in [0.25, 0.3) is 0 Å². The number of fused-ring (bicyclic) bond motifs is 1. The second-order valence-electron chi connectivity index (χ2n) is 5.36. The van der Waals surface area contributed by atoms with E-state index in [2.05, 4.69) is 25.1 Å². The summed E-state index contributed by atoms with van der Waals surface area (Å²) < 4.78 is 0. The van der Waals surface area contributed by atoms with Gasteiger partial charge in [0.15, 0.2) is 0 Å². The third-order valence-electron chi connectivity index (χ3n) is 4.02. The Morgan fingerprint density at radius 1 is 1.29 bits per heavy atom. The second kappa shape index (κ2) is 5.82. The summed E-state index contributed by atoms with van der Waals surface area (Å²) in [6.07, 6.45) is 2.44. The van der Waals surface area contributed by atoms with Crippen LogP contribution in [0.4, 0.5) is 5.69 Å². The van der Waals surface area contributed by atoms with Crippen LogP contribution in [0.2, 0.25) is 0 Å². The van der Waals surface area contributed by atoms with Gasteiger partial charge in [-0.3, -0.25) is 4.79 Å². The number of thiophene rings is 1. The molecule has 2 heterocycles. The Kier molecular flexibility index (Phi) is 4.05. The smallest absolute Gasteiger partial charge is 0.227 e. The van der Waals surface area contributed by atoms with E-state index in [-0.39, 0.29) is 11.3 Å². The highest BCUT2D eigenvalue weighted by Crippen LogP contribution is 2.37. The lowest BCUT2D eigenvalue weighted by Gasteiger charge is -2.26. The predicted molar refractivity (Wildman–Crippen MR) is 89.6 cm³/mol. The minimum absolute atomic E-state index is 0.108. The third kappa shape index (κ3) is 2.72. The fourth-order valence-electron chi connectivity index (χ4n) is 2.72. The highest BCUT2D eigenvalue weighted by molar-refractivity contribution is 7.12. The van der Waals surface area contributed by atoms with E-state index in [0.717, 1.165) is 24.1 Å². The van der Waals surface area contributed by atoms with Crippen LogP contribution in [0.3, 0.4) is 0 Å². The number of halogens is 1. The minimum Gasteiger partial charge on any atom is -0.315 e. The van der Waals surface area contributed by atoms with E-state index < -0.39 is 0 Å². The quantitative estimate of drug-likeness (QED) is 0.760. The number of hydrogen-bond donors (Lipinski definition) is 0. The Labute approximate surface area is 134 Å². The maximum Gasteiger partial charge on any atom is 0.227 e. The van der Waals surface area contributed by atoms with Crippen molar-refractivity contribution in [3.63, 3.8) is 0 Å². The third-order valence-corrected chi connectivity index (χ3v) is 5.93. The zero-order valence-electron chi connectivity index (χ0n) is 12.2. The molecule has 0 saturated carbocycles. The second-order valence-corrected chi connectivity index (χ2v) is 7.00. The van der Waals surface area contributed by atoms with Gasteiger partial charge >= 0.3 is 0 Å². The van der Waals surface area contributed by atoms with E-state index in [1.54, 1.807) is 16.2 Å². The van der Waals surface area contributed by atoms with Crippen LogP contribution in [-0.2, 0) is 17.6 Å². The molecule has 1 aromatic heterocycles. The maximum atomic E-state index is 11.7. The van der Waals surface area contributed by atoms with Crippen molar-refractivity contribution in [3.8, 4) is 0 Å². The number of rotatable bonds is 3. The molecule has 1 aliphatic heterocycles. The number of anilines is 1. The number of nitrogens with zero attached hydrogens (tertiary/aromatic N) is 1. The van der Waals surface area contributed by atoms with Crippen LogP contribution in [-0.4, -0.2) is 13.0 Å². The Balaban J connectivity index is 1.91. The van der Waals surface area contributed by atoms with Gasteiger partial charge in [-0.1, -0.05) is 19.1 Å². The molecule has 0 fully saturated rings. The monoisotopic (exact) mass is 319 g/mol. The molecule has 0 saturated heterocycles. The fraction of sp³-hybridized carbons (Fsp3) is 0.353. The van der Waals surface area contributed by atoms with Gasteiger partial charge < -0.3 is 4.90 Å². The summed E-state index contributed by atoms with van der Waals surface area (Å²) in [5, 5.41) is -0.108. The molecule has 0 radical (unpaired) electrons. The van der Waals surface area contributed by atoms with Crippen LogP contribution in [0, 0.1) is 0 Å². The molecule has 3 rings (SSSR count). The van der Waals surface area contributed by atoms with E-state index >= 15 is 0 Å². The van der Waals surface area contributed by atoms with Crippen molar-refractivity contribution < 1.29 is 4.79 Å². The molecular weight excluding hydrogens is 302 g/mol. The number of alkyl halides is 1. The summed E-state index contributed by atoms with van der Waals surface area (Å²) in [6.45, 7) is 2.16. The zero-order valence-corrected chi connectivity index (χ0v) is 13.8. The predicted octanol–water partition coefficient (Wildman–Crippen LogP) is 4.55. The lowest BCUT2D eigenvalue weighted by molar-refractivity contribution is -0.118. The molecule has 0 spiro atoms. The topological polar surface area (TPSA) is 20.3 Å². The fourth-order valence-corrected chi connectivity index (χ4v) is 4.02. The number of aryl methyl sites for hydroxylation is 2. The average molecular weight is 320 g/mol. The van der Waals surface area contributed by atoms with Crippen molar-refractivity contribution in [3.05, 3.63) is 51.2 Å². The Morgan fingerprint density at radius 3 is 2.81 bits per heavy atom. The standard InChI is InChI=1S/C17H18ClNOS/c1-3-13-6-8-15(21-13)17(18)12-4-7-14-11(10-12)5-9-16(20)19(14)2/h4,6-8,10,17H,3,5,9H2,1-2H3. The SMILES string of the molecule is CCc1ccc(C(Cl)c2ccc3c(c2)CCC(=O)N3C)s1. The molecule has 1 aliphatic rings. The Bertz CT molecular complexity index is 679. The van der Waals surface area contributed by atoms with Gasteiger partial charge in [0.2, 0.25) is 5.91 Å². The van der Waals surface area contributed by atoms with Crippen molar-refractivity contribution in [2.24, 2.45) is 0 Å². The lowest BCUT2D eigenvalue weighted by atomic mass is 9.97. The molecular formula is C17H18ClNOS. The molecule has 1 atom stereocenters. The molecule has 110 valence electrons. The summed E-state index contributed by atoms with van der Waals surface area (Å²) in [7, 11) is 1.84. The van der Waals surface area contributed by atoms with Gasteiger partial charge in [0.1, 0.15) is 0 Å². The first-order valence-electron chi connectivity index (χ1n) is 7.22. The molecule has 1 aromatic carbocycles. The van der Waals surface area contributed by atoms with E-state index in [4.69, 9.17) is 11.6 Å². The summed E-state index contributed by atoms with van der Waals surface area (Å²) in [6, 6.07) is 10.5. The van der Waals surface area contributed by atoms with Crippen molar-refractivity contribution >= 4 is 34.5 Å².